The minimum Gasteiger partial charge on any atom is -0.377 e. The third-order valence-electron chi connectivity index (χ3n) is 5.53. The zero-order valence-electron chi connectivity index (χ0n) is 13.2. The molecule has 2 saturated heterocycles. The maximum Gasteiger partial charge on any atom is 0.0710 e. The molecule has 1 saturated carbocycles. The lowest BCUT2D eigenvalue weighted by molar-refractivity contribution is -0.0766. The van der Waals surface area contributed by atoms with Gasteiger partial charge in [-0.3, -0.25) is 0 Å². The number of hydrogen-bond donors (Lipinski definition) is 0. The maximum absolute atomic E-state index is 6.51. The summed E-state index contributed by atoms with van der Waals surface area (Å²) in [6.45, 7) is 4.35. The molecule has 0 aromatic carbocycles. The quantitative estimate of drug-likeness (QED) is 0.697. The third-order valence-corrected chi connectivity index (χ3v) is 5.85. The topological polar surface area (TPSA) is 21.7 Å². The van der Waals surface area contributed by atoms with Gasteiger partial charge in [-0.25, -0.2) is 0 Å². The van der Waals surface area contributed by atoms with Crippen molar-refractivity contribution in [3.8, 4) is 0 Å². The SMILES string of the molecule is BrCCOC1CCN(CC2CCC3(CCCCC3)O2)CC1. The molecule has 3 aliphatic rings. The van der Waals surface area contributed by atoms with Crippen molar-refractivity contribution in [3.05, 3.63) is 0 Å². The standard InChI is InChI=1S/C17H30BrNO2/c18-10-13-20-15-5-11-19(12-6-15)14-16-4-9-17(21-16)7-2-1-3-8-17/h15-16H,1-14H2. The van der Waals surface area contributed by atoms with E-state index in [0.29, 0.717) is 12.2 Å². The molecule has 3 nitrogen and oxygen atoms in total. The van der Waals surface area contributed by atoms with Gasteiger partial charge >= 0.3 is 0 Å². The summed E-state index contributed by atoms with van der Waals surface area (Å²) in [7, 11) is 0. The van der Waals surface area contributed by atoms with Gasteiger partial charge < -0.3 is 14.4 Å². The molecule has 4 heteroatoms. The van der Waals surface area contributed by atoms with Gasteiger partial charge in [-0.2, -0.15) is 0 Å². The fourth-order valence-corrected chi connectivity index (χ4v) is 4.53. The fourth-order valence-electron chi connectivity index (χ4n) is 4.35. The van der Waals surface area contributed by atoms with Crippen molar-refractivity contribution >= 4 is 15.9 Å². The van der Waals surface area contributed by atoms with E-state index in [0.717, 1.165) is 18.5 Å². The Morgan fingerprint density at radius 1 is 1.05 bits per heavy atom. The van der Waals surface area contributed by atoms with E-state index < -0.39 is 0 Å². The van der Waals surface area contributed by atoms with Crippen LogP contribution in [0, 0.1) is 0 Å². The zero-order valence-corrected chi connectivity index (χ0v) is 14.8. The summed E-state index contributed by atoms with van der Waals surface area (Å²) in [5.41, 5.74) is 0.278. The van der Waals surface area contributed by atoms with Crippen molar-refractivity contribution in [2.45, 2.75) is 75.6 Å². The Morgan fingerprint density at radius 3 is 2.52 bits per heavy atom. The van der Waals surface area contributed by atoms with Crippen LogP contribution in [0.4, 0.5) is 0 Å². The second-order valence-electron chi connectivity index (χ2n) is 7.08. The molecule has 0 bridgehead atoms. The van der Waals surface area contributed by atoms with Gasteiger partial charge in [-0.15, -0.1) is 0 Å². The molecule has 0 amide bonds. The summed E-state index contributed by atoms with van der Waals surface area (Å²) in [5.74, 6) is 0. The van der Waals surface area contributed by atoms with Crippen LogP contribution in [0.15, 0.2) is 0 Å². The van der Waals surface area contributed by atoms with Crippen molar-refractivity contribution in [1.82, 2.24) is 4.90 Å². The van der Waals surface area contributed by atoms with Gasteiger partial charge in [0, 0.05) is 25.0 Å². The first-order valence-electron chi connectivity index (χ1n) is 8.87. The number of nitrogens with zero attached hydrogens (tertiary/aromatic N) is 1. The van der Waals surface area contributed by atoms with Gasteiger partial charge in [0.2, 0.25) is 0 Å². The minimum absolute atomic E-state index is 0.278. The van der Waals surface area contributed by atoms with E-state index >= 15 is 0 Å². The maximum atomic E-state index is 6.51. The summed E-state index contributed by atoms with van der Waals surface area (Å²) < 4.78 is 12.3. The van der Waals surface area contributed by atoms with Gasteiger partial charge in [0.1, 0.15) is 0 Å². The van der Waals surface area contributed by atoms with Crippen LogP contribution in [0.1, 0.15) is 57.8 Å². The average Bonchev–Trinajstić information content (AvgIpc) is 2.89. The number of halogens is 1. The molecule has 0 aromatic heterocycles. The molecule has 122 valence electrons. The zero-order chi connectivity index (χ0) is 14.5. The highest BCUT2D eigenvalue weighted by atomic mass is 79.9. The number of hydrogen-bond acceptors (Lipinski definition) is 3. The number of likely N-dealkylation sites (tertiary alicyclic amines) is 1. The van der Waals surface area contributed by atoms with Crippen molar-refractivity contribution in [2.24, 2.45) is 0 Å². The van der Waals surface area contributed by atoms with Crippen LogP contribution >= 0.6 is 15.9 Å². The number of ether oxygens (including phenoxy) is 2. The molecule has 1 unspecified atom stereocenters. The molecule has 3 rings (SSSR count). The summed E-state index contributed by atoms with van der Waals surface area (Å²) in [5, 5.41) is 0.950. The second kappa shape index (κ2) is 7.76. The van der Waals surface area contributed by atoms with Crippen LogP contribution in [0.5, 0.6) is 0 Å². The van der Waals surface area contributed by atoms with E-state index in [1.54, 1.807) is 0 Å². The average molecular weight is 360 g/mol. The van der Waals surface area contributed by atoms with E-state index in [1.807, 2.05) is 0 Å². The van der Waals surface area contributed by atoms with E-state index in [9.17, 15) is 0 Å². The number of rotatable bonds is 5. The minimum atomic E-state index is 0.278. The van der Waals surface area contributed by atoms with Gasteiger partial charge in [0.15, 0.2) is 0 Å². The molecule has 21 heavy (non-hydrogen) atoms. The Labute approximate surface area is 137 Å². The molecule has 1 spiro atoms. The van der Waals surface area contributed by atoms with Crippen molar-refractivity contribution < 1.29 is 9.47 Å². The Bertz CT molecular complexity index is 312. The molecule has 0 radical (unpaired) electrons. The highest BCUT2D eigenvalue weighted by Gasteiger charge is 2.41. The lowest BCUT2D eigenvalue weighted by Gasteiger charge is -2.36. The summed E-state index contributed by atoms with van der Waals surface area (Å²) >= 11 is 3.43. The molecular weight excluding hydrogens is 330 g/mol. The molecule has 3 fully saturated rings. The fraction of sp³-hybridized carbons (Fsp3) is 1.00. The molecular formula is C17H30BrNO2. The lowest BCUT2D eigenvalue weighted by Crippen LogP contribution is -2.42. The summed E-state index contributed by atoms with van der Waals surface area (Å²) in [6.07, 6.45) is 12.7. The second-order valence-corrected chi connectivity index (χ2v) is 7.87. The first-order valence-corrected chi connectivity index (χ1v) is 10.00. The Balaban J connectivity index is 1.38. The largest absolute Gasteiger partial charge is 0.377 e. The molecule has 1 atom stereocenters. The summed E-state index contributed by atoms with van der Waals surface area (Å²) in [6, 6.07) is 0. The van der Waals surface area contributed by atoms with Crippen LogP contribution in [0.2, 0.25) is 0 Å². The predicted octanol–water partition coefficient (Wildman–Crippen LogP) is 3.74. The predicted molar refractivity (Wildman–Crippen MR) is 89.1 cm³/mol. The summed E-state index contributed by atoms with van der Waals surface area (Å²) in [4.78, 5) is 2.60. The smallest absolute Gasteiger partial charge is 0.0710 e. The van der Waals surface area contributed by atoms with Crippen LogP contribution in [0.25, 0.3) is 0 Å². The molecule has 2 heterocycles. The molecule has 1 aliphatic carbocycles. The van der Waals surface area contributed by atoms with Crippen LogP contribution < -0.4 is 0 Å². The highest BCUT2D eigenvalue weighted by molar-refractivity contribution is 9.09. The van der Waals surface area contributed by atoms with Crippen LogP contribution in [-0.4, -0.2) is 54.3 Å². The van der Waals surface area contributed by atoms with Crippen LogP contribution in [-0.2, 0) is 9.47 Å². The number of alkyl halides is 1. The highest BCUT2D eigenvalue weighted by Crippen LogP contribution is 2.42. The van der Waals surface area contributed by atoms with Gasteiger partial charge in [0.05, 0.1) is 24.4 Å². The van der Waals surface area contributed by atoms with E-state index in [-0.39, 0.29) is 5.60 Å². The molecule has 0 aromatic rings. The Hall–Kier alpha value is 0.360. The van der Waals surface area contributed by atoms with Gasteiger partial charge in [-0.1, -0.05) is 35.2 Å². The van der Waals surface area contributed by atoms with E-state index in [2.05, 4.69) is 20.8 Å². The Morgan fingerprint density at radius 2 is 1.81 bits per heavy atom. The van der Waals surface area contributed by atoms with Crippen LogP contribution in [0.3, 0.4) is 0 Å². The van der Waals surface area contributed by atoms with Crippen molar-refractivity contribution in [1.29, 1.82) is 0 Å². The lowest BCUT2D eigenvalue weighted by atomic mass is 9.83. The van der Waals surface area contributed by atoms with Crippen molar-refractivity contribution in [2.75, 3.05) is 31.6 Å². The first kappa shape index (κ1) is 16.2. The first-order chi connectivity index (χ1) is 10.3. The molecule has 2 aliphatic heterocycles. The third kappa shape index (κ3) is 4.43. The normalized spacial score (nSPS) is 31.0. The van der Waals surface area contributed by atoms with Gasteiger partial charge in [-0.05, 0) is 38.5 Å². The molecule has 0 N–H and O–H groups in total. The number of piperidine rings is 1. The van der Waals surface area contributed by atoms with Crippen molar-refractivity contribution in [3.63, 3.8) is 0 Å². The Kier molecular flexibility index (Phi) is 6.00. The van der Waals surface area contributed by atoms with Gasteiger partial charge in [0.25, 0.3) is 0 Å². The monoisotopic (exact) mass is 359 g/mol. The van der Waals surface area contributed by atoms with E-state index in [4.69, 9.17) is 9.47 Å². The van der Waals surface area contributed by atoms with E-state index in [1.165, 1.54) is 70.9 Å².